The summed E-state index contributed by atoms with van der Waals surface area (Å²) in [6, 6.07) is 17.4. The molecule has 0 aromatic heterocycles. The molecule has 2 rings (SSSR count). The van der Waals surface area contributed by atoms with Crippen molar-refractivity contribution in [1.29, 1.82) is 0 Å². The van der Waals surface area contributed by atoms with Crippen LogP contribution in [-0.4, -0.2) is 19.1 Å². The molecule has 0 aliphatic carbocycles. The first kappa shape index (κ1) is 16.8. The molecule has 0 spiro atoms. The van der Waals surface area contributed by atoms with Crippen molar-refractivity contribution < 1.29 is 9.53 Å². The highest BCUT2D eigenvalue weighted by Gasteiger charge is 2.10. The molecule has 2 aromatic carbocycles. The van der Waals surface area contributed by atoms with E-state index in [9.17, 15) is 4.79 Å². The van der Waals surface area contributed by atoms with Gasteiger partial charge in [0.05, 0.1) is 6.61 Å². The molecule has 0 heterocycles. The smallest absolute Gasteiger partial charge is 0.250 e. The third-order valence-electron chi connectivity index (χ3n) is 3.44. The number of hydrogen-bond acceptors (Lipinski definition) is 2. The second-order valence-corrected chi connectivity index (χ2v) is 5.14. The maximum Gasteiger partial charge on any atom is 0.250 e. The van der Waals surface area contributed by atoms with Gasteiger partial charge in [-0.1, -0.05) is 43.3 Å². The minimum atomic E-state index is -0.0380. The van der Waals surface area contributed by atoms with Crippen LogP contribution in [0.1, 0.15) is 25.8 Å². The highest BCUT2D eigenvalue weighted by Crippen LogP contribution is 2.20. The standard InChI is InChI=1S/C20H23NO2/c1-3-16-23-19-13-9-8-10-17(19)14-15-20(22)21(4-2)18-11-6-5-7-12-18/h5-15H,3-4,16H2,1-2H3/b15-14+. The zero-order valence-electron chi connectivity index (χ0n) is 13.7. The van der Waals surface area contributed by atoms with Crippen LogP contribution in [-0.2, 0) is 4.79 Å². The number of ether oxygens (including phenoxy) is 1. The van der Waals surface area contributed by atoms with Gasteiger partial charge in [-0.3, -0.25) is 4.79 Å². The fourth-order valence-electron chi connectivity index (χ4n) is 2.29. The van der Waals surface area contributed by atoms with E-state index in [0.29, 0.717) is 13.2 Å². The van der Waals surface area contributed by atoms with Gasteiger partial charge in [0, 0.05) is 23.9 Å². The van der Waals surface area contributed by atoms with Gasteiger partial charge in [-0.2, -0.15) is 0 Å². The molecular weight excluding hydrogens is 286 g/mol. The molecule has 1 amide bonds. The number of benzene rings is 2. The lowest BCUT2D eigenvalue weighted by molar-refractivity contribution is -0.114. The van der Waals surface area contributed by atoms with Crippen molar-refractivity contribution in [3.8, 4) is 5.75 Å². The number of carbonyl (C=O) groups is 1. The molecule has 0 fully saturated rings. The van der Waals surface area contributed by atoms with Crippen LogP contribution < -0.4 is 9.64 Å². The van der Waals surface area contributed by atoms with E-state index in [1.54, 1.807) is 11.0 Å². The molecule has 0 N–H and O–H groups in total. The van der Waals surface area contributed by atoms with Gasteiger partial charge in [0.25, 0.3) is 5.91 Å². The van der Waals surface area contributed by atoms with Gasteiger partial charge in [-0.05, 0) is 37.6 Å². The lowest BCUT2D eigenvalue weighted by Gasteiger charge is -2.19. The summed E-state index contributed by atoms with van der Waals surface area (Å²) in [7, 11) is 0. The fraction of sp³-hybridized carbons (Fsp3) is 0.250. The van der Waals surface area contributed by atoms with E-state index in [4.69, 9.17) is 4.74 Å². The topological polar surface area (TPSA) is 29.5 Å². The van der Waals surface area contributed by atoms with Crippen LogP contribution in [0.2, 0.25) is 0 Å². The number of rotatable bonds is 7. The zero-order valence-corrected chi connectivity index (χ0v) is 13.7. The predicted octanol–water partition coefficient (Wildman–Crippen LogP) is 4.54. The van der Waals surface area contributed by atoms with E-state index in [0.717, 1.165) is 23.4 Å². The summed E-state index contributed by atoms with van der Waals surface area (Å²) in [6.07, 6.45) is 4.37. The third kappa shape index (κ3) is 4.71. The van der Waals surface area contributed by atoms with Crippen LogP contribution in [0.15, 0.2) is 60.7 Å². The summed E-state index contributed by atoms with van der Waals surface area (Å²) >= 11 is 0. The van der Waals surface area contributed by atoms with Crippen molar-refractivity contribution in [3.05, 3.63) is 66.2 Å². The maximum absolute atomic E-state index is 12.5. The van der Waals surface area contributed by atoms with Gasteiger partial charge in [0.1, 0.15) is 5.75 Å². The molecule has 0 aliphatic heterocycles. The normalized spacial score (nSPS) is 10.7. The van der Waals surface area contributed by atoms with E-state index < -0.39 is 0 Å². The second-order valence-electron chi connectivity index (χ2n) is 5.14. The molecule has 0 aliphatic rings. The molecule has 0 atom stereocenters. The van der Waals surface area contributed by atoms with Gasteiger partial charge >= 0.3 is 0 Å². The van der Waals surface area contributed by atoms with Gasteiger partial charge in [-0.25, -0.2) is 0 Å². The van der Waals surface area contributed by atoms with Crippen LogP contribution in [0, 0.1) is 0 Å². The summed E-state index contributed by atoms with van der Waals surface area (Å²) < 4.78 is 5.71. The molecule has 0 radical (unpaired) electrons. The summed E-state index contributed by atoms with van der Waals surface area (Å²) in [5.41, 5.74) is 1.82. The van der Waals surface area contributed by atoms with Crippen molar-refractivity contribution in [2.45, 2.75) is 20.3 Å². The number of nitrogens with zero attached hydrogens (tertiary/aromatic N) is 1. The predicted molar refractivity (Wildman–Crippen MR) is 95.7 cm³/mol. The third-order valence-corrected chi connectivity index (χ3v) is 3.44. The monoisotopic (exact) mass is 309 g/mol. The number of carbonyl (C=O) groups excluding carboxylic acids is 1. The molecule has 23 heavy (non-hydrogen) atoms. The minimum absolute atomic E-state index is 0.0380. The summed E-state index contributed by atoms with van der Waals surface area (Å²) in [5, 5.41) is 0. The molecule has 3 nitrogen and oxygen atoms in total. The summed E-state index contributed by atoms with van der Waals surface area (Å²) in [5.74, 6) is 0.769. The fourth-order valence-corrected chi connectivity index (χ4v) is 2.29. The first-order valence-electron chi connectivity index (χ1n) is 8.02. The Balaban J connectivity index is 2.14. The van der Waals surface area contributed by atoms with Crippen molar-refractivity contribution in [1.82, 2.24) is 0 Å². The van der Waals surface area contributed by atoms with Gasteiger partial charge in [0.15, 0.2) is 0 Å². The van der Waals surface area contributed by atoms with E-state index in [-0.39, 0.29) is 5.91 Å². The molecule has 0 unspecified atom stereocenters. The number of likely N-dealkylation sites (N-methyl/N-ethyl adjacent to an activating group) is 1. The Kier molecular flexibility index (Phi) is 6.42. The minimum Gasteiger partial charge on any atom is -0.493 e. The van der Waals surface area contributed by atoms with Crippen LogP contribution in [0.25, 0.3) is 6.08 Å². The number of hydrogen-bond donors (Lipinski definition) is 0. The number of para-hydroxylation sites is 2. The van der Waals surface area contributed by atoms with E-state index in [1.807, 2.05) is 67.6 Å². The van der Waals surface area contributed by atoms with Crippen LogP contribution in [0.4, 0.5) is 5.69 Å². The van der Waals surface area contributed by atoms with E-state index in [1.165, 1.54) is 0 Å². The van der Waals surface area contributed by atoms with Crippen molar-refractivity contribution in [2.75, 3.05) is 18.1 Å². The van der Waals surface area contributed by atoms with Crippen molar-refractivity contribution >= 4 is 17.7 Å². The summed E-state index contributed by atoms with van der Waals surface area (Å²) in [4.78, 5) is 14.2. The molecule has 0 saturated carbocycles. The van der Waals surface area contributed by atoms with Gasteiger partial charge in [0.2, 0.25) is 0 Å². The van der Waals surface area contributed by atoms with Crippen molar-refractivity contribution in [2.24, 2.45) is 0 Å². The zero-order chi connectivity index (χ0) is 16.5. The first-order valence-corrected chi connectivity index (χ1v) is 8.02. The molecule has 2 aromatic rings. The number of amides is 1. The molecule has 0 saturated heterocycles. The van der Waals surface area contributed by atoms with E-state index >= 15 is 0 Å². The Hall–Kier alpha value is -2.55. The Bertz CT molecular complexity index is 650. The Labute approximate surface area is 138 Å². The average Bonchev–Trinajstić information content (AvgIpc) is 2.60. The Morgan fingerprint density at radius 2 is 1.74 bits per heavy atom. The first-order chi connectivity index (χ1) is 11.3. The van der Waals surface area contributed by atoms with Crippen LogP contribution in [0.5, 0.6) is 5.75 Å². The second kappa shape index (κ2) is 8.79. The molecular formula is C20H23NO2. The summed E-state index contributed by atoms with van der Waals surface area (Å²) in [6.45, 7) is 5.34. The van der Waals surface area contributed by atoms with Gasteiger partial charge < -0.3 is 9.64 Å². The molecule has 0 bridgehead atoms. The average molecular weight is 309 g/mol. The quantitative estimate of drug-likeness (QED) is 0.703. The van der Waals surface area contributed by atoms with Crippen LogP contribution >= 0.6 is 0 Å². The lowest BCUT2D eigenvalue weighted by atomic mass is 10.2. The largest absolute Gasteiger partial charge is 0.493 e. The van der Waals surface area contributed by atoms with Crippen LogP contribution in [0.3, 0.4) is 0 Å². The molecule has 3 heteroatoms. The van der Waals surface area contributed by atoms with E-state index in [2.05, 4.69) is 6.92 Å². The maximum atomic E-state index is 12.5. The van der Waals surface area contributed by atoms with Gasteiger partial charge in [-0.15, -0.1) is 0 Å². The lowest BCUT2D eigenvalue weighted by Crippen LogP contribution is -2.28. The Morgan fingerprint density at radius 1 is 1.04 bits per heavy atom. The Morgan fingerprint density at radius 3 is 2.43 bits per heavy atom. The SMILES string of the molecule is CCCOc1ccccc1/C=C/C(=O)N(CC)c1ccccc1. The molecule has 120 valence electrons. The van der Waals surface area contributed by atoms with Crippen molar-refractivity contribution in [3.63, 3.8) is 0 Å². The highest BCUT2D eigenvalue weighted by atomic mass is 16.5. The highest BCUT2D eigenvalue weighted by molar-refractivity contribution is 6.03. The number of anilines is 1.